The minimum Gasteiger partial charge on any atom is -0.318 e. The monoisotopic (exact) mass is 353 g/mol. The van der Waals surface area contributed by atoms with Gasteiger partial charge in [0.2, 0.25) is 0 Å². The Morgan fingerprint density at radius 3 is 2.50 bits per heavy atom. The third-order valence-corrected chi connectivity index (χ3v) is 4.02. The van der Waals surface area contributed by atoms with Gasteiger partial charge in [-0.15, -0.1) is 0 Å². The van der Waals surface area contributed by atoms with Crippen molar-refractivity contribution in [3.05, 3.63) is 88.7 Å². The number of carbonyl (C=O) groups is 1. The summed E-state index contributed by atoms with van der Waals surface area (Å²) in [6.07, 6.45) is 1.14. The first kappa shape index (κ1) is 17.5. The lowest BCUT2D eigenvalue weighted by atomic mass is 10.2. The van der Waals surface area contributed by atoms with Gasteiger partial charge in [-0.05, 0) is 44.2 Å². The van der Waals surface area contributed by atoms with Crippen LogP contribution >= 0.6 is 0 Å². The van der Waals surface area contributed by atoms with E-state index in [0.717, 1.165) is 35.4 Å². The maximum atomic E-state index is 13.6. The fourth-order valence-electron chi connectivity index (χ4n) is 2.79. The van der Waals surface area contributed by atoms with Crippen LogP contribution < -0.4 is 5.43 Å². The highest BCUT2D eigenvalue weighted by molar-refractivity contribution is 5.96. The zero-order chi connectivity index (χ0) is 18.7. The summed E-state index contributed by atoms with van der Waals surface area (Å²) in [5.74, 6) is -1.82. The Kier molecular flexibility index (Phi) is 4.93. The highest BCUT2D eigenvalue weighted by Gasteiger charge is 2.16. The second-order valence-electron chi connectivity index (χ2n) is 5.82. The van der Waals surface area contributed by atoms with Gasteiger partial charge in [0.15, 0.2) is 0 Å². The number of carbonyl (C=O) groups excluding carboxylic acids is 1. The van der Waals surface area contributed by atoms with Gasteiger partial charge in [-0.1, -0.05) is 18.2 Å². The van der Waals surface area contributed by atoms with Crippen LogP contribution in [0.2, 0.25) is 0 Å². The Labute approximate surface area is 149 Å². The van der Waals surface area contributed by atoms with Crippen LogP contribution in [0, 0.1) is 25.5 Å². The second kappa shape index (κ2) is 7.31. The number of hydrogen-bond donors (Lipinski definition) is 1. The summed E-state index contributed by atoms with van der Waals surface area (Å²) in [4.78, 5) is 12.4. The van der Waals surface area contributed by atoms with Crippen LogP contribution in [0.4, 0.5) is 8.78 Å². The van der Waals surface area contributed by atoms with E-state index >= 15 is 0 Å². The number of nitrogens with zero attached hydrogens (tertiary/aromatic N) is 2. The van der Waals surface area contributed by atoms with E-state index in [-0.39, 0.29) is 5.56 Å². The van der Waals surface area contributed by atoms with Crippen LogP contribution in [0.25, 0.3) is 5.69 Å². The molecule has 0 fully saturated rings. The topological polar surface area (TPSA) is 46.4 Å². The molecule has 1 aromatic heterocycles. The summed E-state index contributed by atoms with van der Waals surface area (Å²) in [5, 5.41) is 3.76. The first-order valence-corrected chi connectivity index (χ1v) is 8.00. The van der Waals surface area contributed by atoms with E-state index in [1.165, 1.54) is 6.07 Å². The average molecular weight is 353 g/mol. The predicted octanol–water partition coefficient (Wildman–Crippen LogP) is 4.14. The number of halogens is 2. The van der Waals surface area contributed by atoms with E-state index in [9.17, 15) is 13.6 Å². The van der Waals surface area contributed by atoms with Gasteiger partial charge >= 0.3 is 0 Å². The summed E-state index contributed by atoms with van der Waals surface area (Å²) in [7, 11) is 0. The molecule has 0 radical (unpaired) electrons. The Balaban J connectivity index is 1.80. The molecule has 26 heavy (non-hydrogen) atoms. The second-order valence-corrected chi connectivity index (χ2v) is 5.82. The Morgan fingerprint density at radius 2 is 1.81 bits per heavy atom. The van der Waals surface area contributed by atoms with Gasteiger partial charge in [-0.3, -0.25) is 4.79 Å². The van der Waals surface area contributed by atoms with Crippen LogP contribution in [-0.4, -0.2) is 16.7 Å². The first-order chi connectivity index (χ1) is 12.5. The minimum atomic E-state index is -0.745. The normalized spacial score (nSPS) is 11.1. The molecule has 0 bridgehead atoms. The standard InChI is InChI=1S/C20H17F2N3O/c1-13-10-18(14(2)25(13)17-6-4-3-5-7-17)20(26)24-23-12-15-8-9-16(21)11-19(15)22/h3-12H,1-2H3,(H,24,26)/b23-12-. The van der Waals surface area contributed by atoms with Crippen LogP contribution in [0.3, 0.4) is 0 Å². The SMILES string of the molecule is Cc1cc(C(=O)N/N=C\c2ccc(F)cc2F)c(C)n1-c1ccccc1. The van der Waals surface area contributed by atoms with Crippen molar-refractivity contribution >= 4 is 12.1 Å². The zero-order valence-corrected chi connectivity index (χ0v) is 14.3. The molecule has 0 spiro atoms. The summed E-state index contributed by atoms with van der Waals surface area (Å²) < 4.78 is 28.4. The molecule has 0 aliphatic heterocycles. The molecular weight excluding hydrogens is 336 g/mol. The molecular formula is C20H17F2N3O. The highest BCUT2D eigenvalue weighted by Crippen LogP contribution is 2.20. The number of hydrogen-bond acceptors (Lipinski definition) is 2. The quantitative estimate of drug-likeness (QED) is 0.556. The molecule has 1 amide bonds. The molecule has 0 aliphatic carbocycles. The molecule has 3 aromatic rings. The fourth-order valence-corrected chi connectivity index (χ4v) is 2.79. The van der Waals surface area contributed by atoms with Gasteiger partial charge in [0, 0.05) is 28.7 Å². The molecule has 0 saturated heterocycles. The third-order valence-electron chi connectivity index (χ3n) is 4.02. The summed E-state index contributed by atoms with van der Waals surface area (Å²) in [6, 6.07) is 14.6. The van der Waals surface area contributed by atoms with Crippen molar-refractivity contribution < 1.29 is 13.6 Å². The third kappa shape index (κ3) is 3.54. The first-order valence-electron chi connectivity index (χ1n) is 8.00. The predicted molar refractivity (Wildman–Crippen MR) is 96.7 cm³/mol. The number of aryl methyl sites for hydroxylation is 1. The molecule has 1 N–H and O–H groups in total. The van der Waals surface area contributed by atoms with Crippen LogP contribution in [-0.2, 0) is 0 Å². The maximum Gasteiger partial charge on any atom is 0.273 e. The summed E-state index contributed by atoms with van der Waals surface area (Å²) in [5.41, 5.74) is 5.58. The van der Waals surface area contributed by atoms with Crippen molar-refractivity contribution in [2.24, 2.45) is 5.10 Å². The van der Waals surface area contributed by atoms with Crippen LogP contribution in [0.15, 0.2) is 59.7 Å². The molecule has 0 atom stereocenters. The molecule has 1 heterocycles. The number of amides is 1. The van der Waals surface area contributed by atoms with Gasteiger partial charge in [0.05, 0.1) is 11.8 Å². The molecule has 0 unspecified atom stereocenters. The van der Waals surface area contributed by atoms with Crippen LogP contribution in [0.1, 0.15) is 27.3 Å². The number of aromatic nitrogens is 1. The lowest BCUT2D eigenvalue weighted by Gasteiger charge is -2.09. The Bertz CT molecular complexity index is 978. The number of para-hydroxylation sites is 1. The summed E-state index contributed by atoms with van der Waals surface area (Å²) in [6.45, 7) is 3.76. The summed E-state index contributed by atoms with van der Waals surface area (Å²) >= 11 is 0. The lowest BCUT2D eigenvalue weighted by molar-refractivity contribution is 0.0954. The van der Waals surface area contributed by atoms with Crippen molar-refractivity contribution in [2.75, 3.05) is 0 Å². The molecule has 132 valence electrons. The van der Waals surface area contributed by atoms with Gasteiger partial charge < -0.3 is 4.57 Å². The van der Waals surface area contributed by atoms with E-state index < -0.39 is 17.5 Å². The van der Waals surface area contributed by atoms with Crippen molar-refractivity contribution in [1.29, 1.82) is 0 Å². The maximum absolute atomic E-state index is 13.6. The van der Waals surface area contributed by atoms with Gasteiger partial charge in [0.1, 0.15) is 11.6 Å². The van der Waals surface area contributed by atoms with Crippen molar-refractivity contribution in [2.45, 2.75) is 13.8 Å². The smallest absolute Gasteiger partial charge is 0.273 e. The van der Waals surface area contributed by atoms with E-state index in [2.05, 4.69) is 10.5 Å². The van der Waals surface area contributed by atoms with E-state index in [1.807, 2.05) is 48.7 Å². The fraction of sp³-hybridized carbons (Fsp3) is 0.100. The molecule has 4 nitrogen and oxygen atoms in total. The molecule has 2 aromatic carbocycles. The van der Waals surface area contributed by atoms with Crippen molar-refractivity contribution in [1.82, 2.24) is 9.99 Å². The lowest BCUT2D eigenvalue weighted by Crippen LogP contribution is -2.18. The molecule has 0 aliphatic rings. The number of hydrazone groups is 1. The van der Waals surface area contributed by atoms with Crippen molar-refractivity contribution in [3.63, 3.8) is 0 Å². The zero-order valence-electron chi connectivity index (χ0n) is 14.3. The molecule has 3 rings (SSSR count). The highest BCUT2D eigenvalue weighted by atomic mass is 19.1. The van der Waals surface area contributed by atoms with Gasteiger partial charge in [0.25, 0.3) is 5.91 Å². The average Bonchev–Trinajstić information content (AvgIpc) is 2.92. The molecule has 0 saturated carbocycles. The largest absolute Gasteiger partial charge is 0.318 e. The number of rotatable bonds is 4. The van der Waals surface area contributed by atoms with E-state index in [1.54, 1.807) is 6.07 Å². The Morgan fingerprint density at radius 1 is 1.08 bits per heavy atom. The van der Waals surface area contributed by atoms with E-state index in [4.69, 9.17) is 0 Å². The minimum absolute atomic E-state index is 0.0847. The van der Waals surface area contributed by atoms with Gasteiger partial charge in [-0.25, -0.2) is 14.2 Å². The number of nitrogens with one attached hydrogen (secondary N) is 1. The number of benzene rings is 2. The van der Waals surface area contributed by atoms with E-state index in [0.29, 0.717) is 5.56 Å². The van der Waals surface area contributed by atoms with Crippen LogP contribution in [0.5, 0.6) is 0 Å². The molecule has 6 heteroatoms. The van der Waals surface area contributed by atoms with Crippen molar-refractivity contribution in [3.8, 4) is 5.69 Å². The van der Waals surface area contributed by atoms with Gasteiger partial charge in [-0.2, -0.15) is 5.10 Å². The Hall–Kier alpha value is -3.28.